The monoisotopic (exact) mass is 215 g/mol. The van der Waals surface area contributed by atoms with Gasteiger partial charge in [0.1, 0.15) is 0 Å². The number of amides is 1. The van der Waals surface area contributed by atoms with Crippen LogP contribution in [0.2, 0.25) is 0 Å². The second kappa shape index (κ2) is 4.35. The normalized spacial score (nSPS) is 11.2. The van der Waals surface area contributed by atoms with Gasteiger partial charge in [-0.2, -0.15) is 8.78 Å². The van der Waals surface area contributed by atoms with Gasteiger partial charge < -0.3 is 0 Å². The molecule has 3 nitrogen and oxygen atoms in total. The molecular formula is C10H11F2NO2. The third-order valence-electron chi connectivity index (χ3n) is 1.96. The molecule has 1 rings (SSSR count). The first-order valence-electron chi connectivity index (χ1n) is 4.25. The highest BCUT2D eigenvalue weighted by Gasteiger charge is 2.43. The SMILES string of the molecule is CON(C)C(=O)C(F)(F)c1ccccc1. The van der Waals surface area contributed by atoms with E-state index in [0.29, 0.717) is 5.06 Å². The molecule has 5 heteroatoms. The van der Waals surface area contributed by atoms with Crippen molar-refractivity contribution in [2.45, 2.75) is 5.92 Å². The van der Waals surface area contributed by atoms with Gasteiger partial charge >= 0.3 is 11.8 Å². The van der Waals surface area contributed by atoms with E-state index < -0.39 is 11.8 Å². The van der Waals surface area contributed by atoms with Crippen LogP contribution in [0, 0.1) is 0 Å². The average Bonchev–Trinajstić information content (AvgIpc) is 2.28. The molecule has 0 N–H and O–H groups in total. The number of alkyl halides is 2. The van der Waals surface area contributed by atoms with Gasteiger partial charge in [-0.05, 0) is 0 Å². The smallest absolute Gasteiger partial charge is 0.274 e. The summed E-state index contributed by atoms with van der Waals surface area (Å²) >= 11 is 0. The molecular weight excluding hydrogens is 204 g/mol. The Morgan fingerprint density at radius 1 is 1.33 bits per heavy atom. The van der Waals surface area contributed by atoms with E-state index in [1.165, 1.54) is 24.3 Å². The highest BCUT2D eigenvalue weighted by atomic mass is 19.3. The third-order valence-corrected chi connectivity index (χ3v) is 1.96. The molecule has 0 aliphatic carbocycles. The van der Waals surface area contributed by atoms with E-state index >= 15 is 0 Å². The minimum atomic E-state index is -3.56. The lowest BCUT2D eigenvalue weighted by Gasteiger charge is -2.21. The molecule has 0 atom stereocenters. The molecule has 0 radical (unpaired) electrons. The first kappa shape index (κ1) is 11.6. The summed E-state index contributed by atoms with van der Waals surface area (Å²) < 4.78 is 27.0. The quantitative estimate of drug-likeness (QED) is 0.719. The van der Waals surface area contributed by atoms with Crippen molar-refractivity contribution >= 4 is 5.91 Å². The largest absolute Gasteiger partial charge is 0.352 e. The summed E-state index contributed by atoms with van der Waals surface area (Å²) in [4.78, 5) is 15.7. The predicted molar refractivity (Wildman–Crippen MR) is 50.1 cm³/mol. The van der Waals surface area contributed by atoms with Gasteiger partial charge in [-0.25, -0.2) is 5.06 Å². The number of carbonyl (C=O) groups excluding carboxylic acids is 1. The fraction of sp³-hybridized carbons (Fsp3) is 0.300. The highest BCUT2D eigenvalue weighted by molar-refractivity contribution is 5.83. The van der Waals surface area contributed by atoms with E-state index in [2.05, 4.69) is 4.84 Å². The Kier molecular flexibility index (Phi) is 3.36. The number of nitrogens with zero attached hydrogens (tertiary/aromatic N) is 1. The Morgan fingerprint density at radius 2 is 1.87 bits per heavy atom. The zero-order valence-corrected chi connectivity index (χ0v) is 8.41. The van der Waals surface area contributed by atoms with Crippen molar-refractivity contribution in [1.82, 2.24) is 5.06 Å². The van der Waals surface area contributed by atoms with Crippen LogP contribution in [0.3, 0.4) is 0 Å². The molecule has 0 spiro atoms. The van der Waals surface area contributed by atoms with Crippen molar-refractivity contribution in [3.8, 4) is 0 Å². The van der Waals surface area contributed by atoms with Crippen molar-refractivity contribution in [2.75, 3.05) is 14.2 Å². The number of rotatable bonds is 3. The van der Waals surface area contributed by atoms with E-state index in [9.17, 15) is 13.6 Å². The Labute approximate surface area is 86.2 Å². The lowest BCUT2D eigenvalue weighted by atomic mass is 10.1. The molecule has 1 amide bonds. The van der Waals surface area contributed by atoms with Gasteiger partial charge in [-0.3, -0.25) is 9.63 Å². The molecule has 0 bridgehead atoms. The fourth-order valence-corrected chi connectivity index (χ4v) is 1.05. The molecule has 0 fully saturated rings. The van der Waals surface area contributed by atoms with Crippen molar-refractivity contribution in [2.24, 2.45) is 0 Å². The van der Waals surface area contributed by atoms with Crippen LogP contribution in [0.5, 0.6) is 0 Å². The lowest BCUT2D eigenvalue weighted by Crippen LogP contribution is -2.38. The third kappa shape index (κ3) is 2.30. The van der Waals surface area contributed by atoms with E-state index in [4.69, 9.17) is 0 Å². The maximum Gasteiger partial charge on any atom is 0.352 e. The van der Waals surface area contributed by atoms with Crippen LogP contribution in [0.1, 0.15) is 5.56 Å². The van der Waals surface area contributed by atoms with Gasteiger partial charge in [0.25, 0.3) is 0 Å². The molecule has 0 unspecified atom stereocenters. The van der Waals surface area contributed by atoms with Crippen LogP contribution in [0.4, 0.5) is 8.78 Å². The highest BCUT2D eigenvalue weighted by Crippen LogP contribution is 2.29. The number of halogens is 2. The summed E-state index contributed by atoms with van der Waals surface area (Å²) in [6, 6.07) is 6.89. The Balaban J connectivity index is 2.98. The van der Waals surface area contributed by atoms with Gasteiger partial charge in [-0.1, -0.05) is 30.3 Å². The number of carbonyl (C=O) groups is 1. The van der Waals surface area contributed by atoms with Crippen LogP contribution in [0.25, 0.3) is 0 Å². The standard InChI is InChI=1S/C10H11F2NO2/c1-13(15-2)9(14)10(11,12)8-6-4-3-5-7-8/h3-7H,1-2H3. The first-order valence-corrected chi connectivity index (χ1v) is 4.25. The van der Waals surface area contributed by atoms with Crippen LogP contribution < -0.4 is 0 Å². The topological polar surface area (TPSA) is 29.5 Å². The van der Waals surface area contributed by atoms with Crippen molar-refractivity contribution < 1.29 is 18.4 Å². The maximum absolute atomic E-state index is 13.5. The number of hydrogen-bond acceptors (Lipinski definition) is 2. The van der Waals surface area contributed by atoms with Gasteiger partial charge in [0.05, 0.1) is 7.11 Å². The molecule has 82 valence electrons. The summed E-state index contributed by atoms with van der Waals surface area (Å²) in [7, 11) is 2.29. The molecule has 1 aromatic carbocycles. The summed E-state index contributed by atoms with van der Waals surface area (Å²) in [5, 5.41) is 0.507. The Morgan fingerprint density at radius 3 is 2.33 bits per heavy atom. The molecule has 0 saturated carbocycles. The van der Waals surface area contributed by atoms with Crippen LogP contribution in [0.15, 0.2) is 30.3 Å². The van der Waals surface area contributed by atoms with E-state index in [0.717, 1.165) is 14.2 Å². The van der Waals surface area contributed by atoms with Crippen molar-refractivity contribution in [3.05, 3.63) is 35.9 Å². The van der Waals surface area contributed by atoms with Crippen molar-refractivity contribution in [1.29, 1.82) is 0 Å². The minimum absolute atomic E-state index is 0.348. The molecule has 0 aliphatic rings. The average molecular weight is 215 g/mol. The van der Waals surface area contributed by atoms with Gasteiger partial charge in [0.2, 0.25) is 0 Å². The molecule has 15 heavy (non-hydrogen) atoms. The fourth-order valence-electron chi connectivity index (χ4n) is 1.05. The summed E-state index contributed by atoms with van der Waals surface area (Å²) in [5.41, 5.74) is -0.348. The number of hydrogen-bond donors (Lipinski definition) is 0. The summed E-state index contributed by atoms with van der Waals surface area (Å²) in [6.07, 6.45) is 0. The van der Waals surface area contributed by atoms with Crippen LogP contribution in [-0.4, -0.2) is 25.1 Å². The maximum atomic E-state index is 13.5. The molecule has 0 heterocycles. The van der Waals surface area contributed by atoms with Gasteiger partial charge in [-0.15, -0.1) is 0 Å². The number of likely N-dealkylation sites (N-methyl/N-ethyl adjacent to an activating group) is 1. The van der Waals surface area contributed by atoms with E-state index in [1.807, 2.05) is 0 Å². The molecule has 1 aromatic rings. The predicted octanol–water partition coefficient (Wildman–Crippen LogP) is 1.80. The second-order valence-electron chi connectivity index (χ2n) is 2.93. The van der Waals surface area contributed by atoms with Crippen LogP contribution >= 0.6 is 0 Å². The zero-order chi connectivity index (χ0) is 11.5. The molecule has 0 saturated heterocycles. The minimum Gasteiger partial charge on any atom is -0.274 e. The number of benzene rings is 1. The zero-order valence-electron chi connectivity index (χ0n) is 8.41. The Bertz CT molecular complexity index is 341. The van der Waals surface area contributed by atoms with Gasteiger partial charge in [0.15, 0.2) is 0 Å². The summed E-state index contributed by atoms with van der Waals surface area (Å²) in [5.74, 6) is -4.96. The van der Waals surface area contributed by atoms with E-state index in [-0.39, 0.29) is 5.56 Å². The van der Waals surface area contributed by atoms with Crippen LogP contribution in [-0.2, 0) is 15.6 Å². The lowest BCUT2D eigenvalue weighted by molar-refractivity contribution is -0.195. The van der Waals surface area contributed by atoms with E-state index in [1.54, 1.807) is 6.07 Å². The van der Waals surface area contributed by atoms with Gasteiger partial charge in [0, 0.05) is 12.6 Å². The molecule has 0 aromatic heterocycles. The number of hydroxylamine groups is 2. The molecule has 0 aliphatic heterocycles. The van der Waals surface area contributed by atoms with Crippen molar-refractivity contribution in [3.63, 3.8) is 0 Å². The Hall–Kier alpha value is -1.49. The first-order chi connectivity index (χ1) is 7.00. The summed E-state index contributed by atoms with van der Waals surface area (Å²) in [6.45, 7) is 0. The second-order valence-corrected chi connectivity index (χ2v) is 2.93.